The van der Waals surface area contributed by atoms with Gasteiger partial charge in [0.2, 0.25) is 11.8 Å². The summed E-state index contributed by atoms with van der Waals surface area (Å²) in [5, 5.41) is 25.7. The van der Waals surface area contributed by atoms with Crippen molar-refractivity contribution in [3.8, 4) is 16.9 Å². The predicted octanol–water partition coefficient (Wildman–Crippen LogP) is 5.79. The standard InChI is InChI=1S/C34H36N4O5/c1-24(37-32(40)12-6-8-22-36-31-11-5-7-21-35-31)34(43)38(28-17-19-29(39)20-18-28)30(23-33(41)42)27-15-13-26(14-16-27)25-9-3-2-4-10-25/h2-5,7,9-11,13-21,24,30,39H,6,8,12,22-23H2,1H3,(H,35,36)(H,37,40)(H,41,42)/t24-,30?/m1/s1. The molecule has 3 aromatic carbocycles. The number of carboxylic acid groups (broad SMARTS) is 1. The summed E-state index contributed by atoms with van der Waals surface area (Å²) >= 11 is 0. The fourth-order valence-electron chi connectivity index (χ4n) is 4.80. The highest BCUT2D eigenvalue weighted by Crippen LogP contribution is 2.33. The minimum Gasteiger partial charge on any atom is -0.508 e. The highest BCUT2D eigenvalue weighted by molar-refractivity contribution is 6.00. The maximum Gasteiger partial charge on any atom is 0.305 e. The third-order valence-electron chi connectivity index (χ3n) is 7.00. The Labute approximate surface area is 251 Å². The second-order valence-corrected chi connectivity index (χ2v) is 10.2. The van der Waals surface area contributed by atoms with Gasteiger partial charge in [-0.05, 0) is 72.9 Å². The third-order valence-corrected chi connectivity index (χ3v) is 7.00. The van der Waals surface area contributed by atoms with E-state index in [0.29, 0.717) is 24.2 Å². The summed E-state index contributed by atoms with van der Waals surface area (Å²) in [6.07, 6.45) is 2.94. The number of anilines is 2. The maximum atomic E-state index is 13.9. The Morgan fingerprint density at radius 1 is 0.837 bits per heavy atom. The van der Waals surface area contributed by atoms with Crippen molar-refractivity contribution >= 4 is 29.3 Å². The van der Waals surface area contributed by atoms with Crippen molar-refractivity contribution in [2.75, 3.05) is 16.8 Å². The van der Waals surface area contributed by atoms with Gasteiger partial charge >= 0.3 is 5.97 Å². The van der Waals surface area contributed by atoms with Crippen LogP contribution in [0.5, 0.6) is 5.75 Å². The molecule has 0 saturated heterocycles. The Morgan fingerprint density at radius 3 is 2.16 bits per heavy atom. The van der Waals surface area contributed by atoms with E-state index in [1.54, 1.807) is 25.3 Å². The molecule has 2 atom stereocenters. The number of nitrogens with one attached hydrogen (secondary N) is 2. The van der Waals surface area contributed by atoms with Gasteiger partial charge in [0.25, 0.3) is 0 Å². The average Bonchev–Trinajstić information content (AvgIpc) is 3.02. The van der Waals surface area contributed by atoms with Gasteiger partial charge in [0.05, 0.1) is 12.5 Å². The highest BCUT2D eigenvalue weighted by Gasteiger charge is 2.32. The van der Waals surface area contributed by atoms with Crippen LogP contribution >= 0.6 is 0 Å². The first-order valence-corrected chi connectivity index (χ1v) is 14.3. The smallest absolute Gasteiger partial charge is 0.305 e. The minimum absolute atomic E-state index is 0.0111. The van der Waals surface area contributed by atoms with Crippen molar-refractivity contribution in [1.29, 1.82) is 0 Å². The summed E-state index contributed by atoms with van der Waals surface area (Å²) in [7, 11) is 0. The van der Waals surface area contributed by atoms with E-state index in [1.807, 2.05) is 72.8 Å². The van der Waals surface area contributed by atoms with Gasteiger partial charge < -0.3 is 25.7 Å². The number of carbonyl (C=O) groups is 3. The van der Waals surface area contributed by atoms with Crippen LogP contribution in [0.2, 0.25) is 0 Å². The van der Waals surface area contributed by atoms with Gasteiger partial charge in [-0.15, -0.1) is 0 Å². The average molecular weight is 581 g/mol. The van der Waals surface area contributed by atoms with Crippen molar-refractivity contribution in [3.05, 3.63) is 109 Å². The Kier molecular flexibility index (Phi) is 10.9. The summed E-state index contributed by atoms with van der Waals surface area (Å²) in [5.41, 5.74) is 3.00. The van der Waals surface area contributed by atoms with Crippen LogP contribution in [0, 0.1) is 0 Å². The molecule has 0 fully saturated rings. The van der Waals surface area contributed by atoms with Gasteiger partial charge in [-0.3, -0.25) is 14.4 Å². The van der Waals surface area contributed by atoms with Crippen molar-refractivity contribution in [2.24, 2.45) is 0 Å². The summed E-state index contributed by atoms with van der Waals surface area (Å²) in [5.74, 6) is -1.03. The summed E-state index contributed by atoms with van der Waals surface area (Å²) in [4.78, 5) is 44.3. The van der Waals surface area contributed by atoms with Gasteiger partial charge in [-0.1, -0.05) is 60.7 Å². The number of benzene rings is 3. The van der Waals surface area contributed by atoms with Gasteiger partial charge in [0.1, 0.15) is 17.6 Å². The molecule has 43 heavy (non-hydrogen) atoms. The molecule has 9 heteroatoms. The molecule has 4 rings (SSSR count). The molecule has 4 aromatic rings. The first kappa shape index (κ1) is 30.8. The number of amides is 2. The number of rotatable bonds is 14. The number of aromatic nitrogens is 1. The second-order valence-electron chi connectivity index (χ2n) is 10.2. The third kappa shape index (κ3) is 8.90. The number of aromatic hydroxyl groups is 1. The second kappa shape index (κ2) is 15.2. The van der Waals surface area contributed by atoms with Gasteiger partial charge in [0, 0.05) is 24.8 Å². The minimum atomic E-state index is -1.08. The lowest BCUT2D eigenvalue weighted by Gasteiger charge is -2.34. The van der Waals surface area contributed by atoms with Crippen molar-refractivity contribution in [3.63, 3.8) is 0 Å². The predicted molar refractivity (Wildman–Crippen MR) is 167 cm³/mol. The van der Waals surface area contributed by atoms with E-state index in [0.717, 1.165) is 23.4 Å². The van der Waals surface area contributed by atoms with Gasteiger partial charge in [-0.2, -0.15) is 0 Å². The lowest BCUT2D eigenvalue weighted by Crippen LogP contribution is -2.48. The van der Waals surface area contributed by atoms with Gasteiger partial charge in [-0.25, -0.2) is 4.98 Å². The molecule has 1 heterocycles. The number of nitrogens with zero attached hydrogens (tertiary/aromatic N) is 2. The van der Waals surface area contributed by atoms with E-state index in [9.17, 15) is 24.6 Å². The van der Waals surface area contributed by atoms with E-state index in [4.69, 9.17) is 0 Å². The van der Waals surface area contributed by atoms with Crippen molar-refractivity contribution < 1.29 is 24.6 Å². The Bertz CT molecular complexity index is 1480. The summed E-state index contributed by atoms with van der Waals surface area (Å²) in [6, 6.07) is 27.0. The number of hydrogen-bond acceptors (Lipinski definition) is 6. The number of carboxylic acids is 1. The van der Waals surface area contributed by atoms with Crippen LogP contribution in [-0.2, 0) is 14.4 Å². The fraction of sp³-hybridized carbons (Fsp3) is 0.235. The number of phenols is 1. The molecule has 1 aromatic heterocycles. The Morgan fingerprint density at radius 2 is 1.51 bits per heavy atom. The van der Waals surface area contributed by atoms with Crippen LogP contribution in [0.3, 0.4) is 0 Å². The topological polar surface area (TPSA) is 132 Å². The zero-order valence-corrected chi connectivity index (χ0v) is 24.0. The van der Waals surface area contributed by atoms with Gasteiger partial charge in [0.15, 0.2) is 0 Å². The van der Waals surface area contributed by atoms with E-state index in [2.05, 4.69) is 15.6 Å². The van der Waals surface area contributed by atoms with E-state index >= 15 is 0 Å². The Balaban J connectivity index is 1.48. The molecule has 1 unspecified atom stereocenters. The van der Waals surface area contributed by atoms with E-state index < -0.39 is 24.0 Å². The molecule has 2 amide bonds. The molecule has 9 nitrogen and oxygen atoms in total. The van der Waals surface area contributed by atoms with Crippen LogP contribution in [0.15, 0.2) is 103 Å². The molecule has 0 radical (unpaired) electrons. The van der Waals surface area contributed by atoms with E-state index in [1.165, 1.54) is 17.0 Å². The lowest BCUT2D eigenvalue weighted by atomic mass is 9.97. The molecule has 222 valence electrons. The number of unbranched alkanes of at least 4 members (excludes halogenated alkanes) is 1. The maximum absolute atomic E-state index is 13.9. The van der Waals surface area contributed by atoms with Crippen LogP contribution in [0.1, 0.15) is 44.2 Å². The van der Waals surface area contributed by atoms with Crippen molar-refractivity contribution in [2.45, 2.75) is 44.7 Å². The monoisotopic (exact) mass is 580 g/mol. The van der Waals surface area contributed by atoms with Crippen LogP contribution in [0.4, 0.5) is 11.5 Å². The first-order chi connectivity index (χ1) is 20.8. The SMILES string of the molecule is C[C@@H](NC(=O)CCCCNc1ccccn1)C(=O)N(c1ccc(O)cc1)C(CC(=O)O)c1ccc(-c2ccccc2)cc1. The zero-order valence-electron chi connectivity index (χ0n) is 24.0. The van der Waals surface area contributed by atoms with Crippen LogP contribution < -0.4 is 15.5 Å². The molecule has 0 aliphatic heterocycles. The van der Waals surface area contributed by atoms with Crippen LogP contribution in [-0.4, -0.2) is 45.6 Å². The number of pyridine rings is 1. The fourth-order valence-corrected chi connectivity index (χ4v) is 4.80. The lowest BCUT2D eigenvalue weighted by molar-refractivity contribution is -0.137. The number of aliphatic carboxylic acids is 1. The molecule has 0 bridgehead atoms. The molecule has 0 aliphatic carbocycles. The molecule has 4 N–H and O–H groups in total. The molecule has 0 saturated carbocycles. The zero-order chi connectivity index (χ0) is 30.6. The summed E-state index contributed by atoms with van der Waals surface area (Å²) in [6.45, 7) is 2.25. The quantitative estimate of drug-likeness (QED) is 0.139. The normalized spacial score (nSPS) is 12.1. The molecule has 0 aliphatic rings. The van der Waals surface area contributed by atoms with Crippen molar-refractivity contribution in [1.82, 2.24) is 10.3 Å². The van der Waals surface area contributed by atoms with Crippen LogP contribution in [0.25, 0.3) is 11.1 Å². The highest BCUT2D eigenvalue weighted by atomic mass is 16.4. The molecular formula is C34H36N4O5. The number of phenolic OH excluding ortho intramolecular Hbond substituents is 1. The Hall–Kier alpha value is -5.18. The first-order valence-electron chi connectivity index (χ1n) is 14.3. The number of hydrogen-bond donors (Lipinski definition) is 4. The van der Waals surface area contributed by atoms with E-state index in [-0.39, 0.29) is 24.5 Å². The summed E-state index contributed by atoms with van der Waals surface area (Å²) < 4.78 is 0. The number of carbonyl (C=O) groups excluding carboxylic acids is 2. The molecular weight excluding hydrogens is 544 g/mol. The molecule has 0 spiro atoms. The largest absolute Gasteiger partial charge is 0.508 e.